The first-order chi connectivity index (χ1) is 8.54. The predicted molar refractivity (Wildman–Crippen MR) is 68.3 cm³/mol. The maximum absolute atomic E-state index is 10.9. The molecule has 18 heavy (non-hydrogen) atoms. The van der Waals surface area contributed by atoms with E-state index in [2.05, 4.69) is 4.98 Å². The van der Waals surface area contributed by atoms with Gasteiger partial charge in [-0.25, -0.2) is 0 Å². The van der Waals surface area contributed by atoms with Crippen LogP contribution in [0.5, 0.6) is 0 Å². The van der Waals surface area contributed by atoms with Crippen LogP contribution in [0.2, 0.25) is 10.0 Å². The van der Waals surface area contributed by atoms with Crippen molar-refractivity contribution in [1.29, 1.82) is 0 Å². The van der Waals surface area contributed by atoms with E-state index in [9.17, 15) is 14.9 Å². The molecule has 1 aromatic heterocycles. The molecule has 0 unspecified atom stereocenters. The Morgan fingerprint density at radius 1 is 1.33 bits per heavy atom. The number of H-pyrrole nitrogens is 1. The van der Waals surface area contributed by atoms with Crippen LogP contribution in [-0.2, 0) is 0 Å². The highest BCUT2D eigenvalue weighted by Crippen LogP contribution is 2.37. The van der Waals surface area contributed by atoms with Crippen molar-refractivity contribution in [3.63, 3.8) is 0 Å². The highest BCUT2D eigenvalue weighted by atomic mass is 35.5. The molecule has 0 aliphatic carbocycles. The summed E-state index contributed by atoms with van der Waals surface area (Å²) in [5.41, 5.74) is 0.444. The fraction of sp³-hybridized carbons (Fsp3) is 0. The maximum atomic E-state index is 10.9. The van der Waals surface area contributed by atoms with Gasteiger partial charge in [-0.15, -0.1) is 0 Å². The van der Waals surface area contributed by atoms with Crippen molar-refractivity contribution in [2.24, 2.45) is 0 Å². The zero-order valence-electron chi connectivity index (χ0n) is 8.81. The lowest BCUT2D eigenvalue weighted by molar-refractivity contribution is -0.384. The smallest absolute Gasteiger partial charge is 0.295 e. The van der Waals surface area contributed by atoms with Crippen LogP contribution >= 0.6 is 23.2 Å². The lowest BCUT2D eigenvalue weighted by Gasteiger charge is -2.03. The fourth-order valence-electron chi connectivity index (χ4n) is 1.64. The minimum absolute atomic E-state index is 0.103. The molecule has 92 valence electrons. The van der Waals surface area contributed by atoms with Crippen LogP contribution in [0.4, 0.5) is 5.69 Å². The third-order valence-corrected chi connectivity index (χ3v) is 2.95. The van der Waals surface area contributed by atoms with E-state index in [1.54, 1.807) is 6.07 Å². The molecule has 0 radical (unpaired) electrons. The highest BCUT2D eigenvalue weighted by molar-refractivity contribution is 6.36. The molecule has 0 bridgehead atoms. The van der Waals surface area contributed by atoms with E-state index in [1.807, 2.05) is 0 Å². The van der Waals surface area contributed by atoms with E-state index >= 15 is 0 Å². The summed E-state index contributed by atoms with van der Waals surface area (Å²) in [6.45, 7) is 0. The molecule has 0 fully saturated rings. The van der Waals surface area contributed by atoms with E-state index in [0.29, 0.717) is 16.9 Å². The Bertz CT molecular complexity index is 637. The number of hydrogen-bond acceptors (Lipinski definition) is 3. The van der Waals surface area contributed by atoms with Gasteiger partial charge in [-0.1, -0.05) is 29.3 Å². The minimum atomic E-state index is -0.580. The number of carbonyl (C=O) groups excluding carboxylic acids is 1. The van der Waals surface area contributed by atoms with Crippen molar-refractivity contribution in [2.75, 3.05) is 0 Å². The average Bonchev–Trinajstić information content (AvgIpc) is 2.72. The van der Waals surface area contributed by atoms with Gasteiger partial charge >= 0.3 is 0 Å². The Hall–Kier alpha value is -1.85. The number of aromatic nitrogens is 1. The standard InChI is InChI=1S/C11H6Cl2N2O3/c12-6-1-2-7(8(13)3-6)11-9(5-16)14-4-10(11)15(17)18/h1-5,14H. The number of nitro groups is 1. The lowest BCUT2D eigenvalue weighted by Crippen LogP contribution is -1.91. The zero-order chi connectivity index (χ0) is 13.3. The maximum Gasteiger partial charge on any atom is 0.295 e. The highest BCUT2D eigenvalue weighted by Gasteiger charge is 2.23. The van der Waals surface area contributed by atoms with Crippen LogP contribution in [-0.4, -0.2) is 16.2 Å². The summed E-state index contributed by atoms with van der Waals surface area (Å²) < 4.78 is 0. The third kappa shape index (κ3) is 2.10. The largest absolute Gasteiger partial charge is 0.353 e. The molecule has 0 saturated carbocycles. The molecular weight excluding hydrogens is 279 g/mol. The fourth-order valence-corrected chi connectivity index (χ4v) is 2.14. The number of carbonyl (C=O) groups is 1. The van der Waals surface area contributed by atoms with Crippen LogP contribution in [0.25, 0.3) is 11.1 Å². The van der Waals surface area contributed by atoms with Crippen LogP contribution in [0.3, 0.4) is 0 Å². The van der Waals surface area contributed by atoms with Crippen molar-refractivity contribution in [2.45, 2.75) is 0 Å². The first-order valence-corrected chi connectivity index (χ1v) is 5.56. The molecule has 1 heterocycles. The molecule has 1 aromatic carbocycles. The number of benzene rings is 1. The summed E-state index contributed by atoms with van der Waals surface area (Å²) in [7, 11) is 0. The van der Waals surface area contributed by atoms with Gasteiger partial charge < -0.3 is 4.98 Å². The molecule has 0 aliphatic rings. The Morgan fingerprint density at radius 3 is 2.61 bits per heavy atom. The molecule has 7 heteroatoms. The summed E-state index contributed by atoms with van der Waals surface area (Å²) in [5.74, 6) is 0. The number of hydrogen-bond donors (Lipinski definition) is 1. The Balaban J connectivity index is 2.72. The third-order valence-electron chi connectivity index (χ3n) is 2.40. The van der Waals surface area contributed by atoms with Crippen molar-refractivity contribution >= 4 is 35.2 Å². The number of rotatable bonds is 3. The van der Waals surface area contributed by atoms with Gasteiger partial charge in [-0.2, -0.15) is 0 Å². The van der Waals surface area contributed by atoms with Crippen molar-refractivity contribution in [3.05, 3.63) is 50.2 Å². The summed E-state index contributed by atoms with van der Waals surface area (Å²) >= 11 is 11.7. The summed E-state index contributed by atoms with van der Waals surface area (Å²) in [6.07, 6.45) is 1.66. The normalized spacial score (nSPS) is 10.3. The molecule has 5 nitrogen and oxygen atoms in total. The number of aldehydes is 1. The van der Waals surface area contributed by atoms with Crippen LogP contribution in [0, 0.1) is 10.1 Å². The monoisotopic (exact) mass is 284 g/mol. The SMILES string of the molecule is O=Cc1[nH]cc([N+](=O)[O-])c1-c1ccc(Cl)cc1Cl. The molecule has 0 saturated heterocycles. The predicted octanol–water partition coefficient (Wildman–Crippen LogP) is 3.71. The molecule has 1 N–H and O–H groups in total. The summed E-state index contributed by atoms with van der Waals surface area (Å²) in [5, 5.41) is 11.6. The second kappa shape index (κ2) is 4.80. The van der Waals surface area contributed by atoms with E-state index < -0.39 is 4.92 Å². The van der Waals surface area contributed by atoms with Crippen molar-refractivity contribution in [3.8, 4) is 11.1 Å². The zero-order valence-corrected chi connectivity index (χ0v) is 10.3. The number of aromatic amines is 1. The number of nitrogens with zero attached hydrogens (tertiary/aromatic N) is 1. The van der Waals surface area contributed by atoms with Crippen molar-refractivity contribution in [1.82, 2.24) is 4.98 Å². The summed E-state index contributed by atoms with van der Waals surface area (Å²) in [6, 6.07) is 4.55. The Morgan fingerprint density at radius 2 is 2.06 bits per heavy atom. The van der Waals surface area contributed by atoms with Gasteiger partial charge in [0.15, 0.2) is 6.29 Å². The van der Waals surface area contributed by atoms with Gasteiger partial charge in [0.2, 0.25) is 0 Å². The van der Waals surface area contributed by atoms with Crippen LogP contribution in [0.1, 0.15) is 10.5 Å². The van der Waals surface area contributed by atoms with E-state index in [-0.39, 0.29) is 22.0 Å². The summed E-state index contributed by atoms with van der Waals surface area (Å²) in [4.78, 5) is 23.8. The van der Waals surface area contributed by atoms with Crippen LogP contribution in [0.15, 0.2) is 24.4 Å². The molecular formula is C11H6Cl2N2O3. The molecule has 0 spiro atoms. The molecule has 2 aromatic rings. The molecule has 2 rings (SSSR count). The van der Waals surface area contributed by atoms with E-state index in [4.69, 9.17) is 23.2 Å². The Kier molecular flexibility index (Phi) is 3.36. The quantitative estimate of drug-likeness (QED) is 0.530. The second-order valence-corrected chi connectivity index (χ2v) is 4.31. The average molecular weight is 285 g/mol. The Labute approximate surface area is 111 Å². The van der Waals surface area contributed by atoms with Crippen LogP contribution < -0.4 is 0 Å². The van der Waals surface area contributed by atoms with E-state index in [0.717, 1.165) is 6.20 Å². The van der Waals surface area contributed by atoms with Gasteiger partial charge in [0, 0.05) is 10.6 Å². The number of nitrogens with one attached hydrogen (secondary N) is 1. The van der Waals surface area contributed by atoms with Crippen molar-refractivity contribution < 1.29 is 9.72 Å². The molecule has 0 amide bonds. The lowest BCUT2D eigenvalue weighted by atomic mass is 10.1. The van der Waals surface area contributed by atoms with Gasteiger partial charge in [0.25, 0.3) is 5.69 Å². The minimum Gasteiger partial charge on any atom is -0.353 e. The van der Waals surface area contributed by atoms with Gasteiger partial charge in [-0.05, 0) is 12.1 Å². The first kappa shape index (κ1) is 12.6. The van der Waals surface area contributed by atoms with Gasteiger partial charge in [0.05, 0.1) is 27.4 Å². The van der Waals surface area contributed by atoms with Gasteiger partial charge in [0.1, 0.15) is 0 Å². The first-order valence-electron chi connectivity index (χ1n) is 4.81. The molecule has 0 aliphatic heterocycles. The topological polar surface area (TPSA) is 76.0 Å². The van der Waals surface area contributed by atoms with Gasteiger partial charge in [-0.3, -0.25) is 14.9 Å². The molecule has 0 atom stereocenters. The second-order valence-electron chi connectivity index (χ2n) is 3.46. The number of halogens is 2. The van der Waals surface area contributed by atoms with E-state index in [1.165, 1.54) is 12.1 Å².